The van der Waals surface area contributed by atoms with Crippen molar-refractivity contribution in [2.45, 2.75) is 12.6 Å². The van der Waals surface area contributed by atoms with Crippen LogP contribution in [0.25, 0.3) is 23.1 Å². The minimum atomic E-state index is -4.53. The summed E-state index contributed by atoms with van der Waals surface area (Å²) < 4.78 is 41.0. The molecule has 0 N–H and O–H groups in total. The SMILES string of the molecule is CN(C)CCCN(C)c1nc(/C=C/c2ccc(Cl)c(Cl)c2)nc2c(C(F)(F)F)cccc12. The lowest BCUT2D eigenvalue weighted by Crippen LogP contribution is -2.24. The first-order chi connectivity index (χ1) is 15.1. The van der Waals surface area contributed by atoms with Gasteiger partial charge in [0.05, 0.1) is 21.1 Å². The first kappa shape index (κ1) is 24.3. The average molecular weight is 483 g/mol. The summed E-state index contributed by atoms with van der Waals surface area (Å²) in [5.74, 6) is 0.628. The Bertz CT molecular complexity index is 1130. The Kier molecular flexibility index (Phi) is 7.64. The van der Waals surface area contributed by atoms with E-state index in [9.17, 15) is 13.2 Å². The number of hydrogen-bond donors (Lipinski definition) is 0. The number of aromatic nitrogens is 2. The van der Waals surface area contributed by atoms with Crippen LogP contribution in [0.4, 0.5) is 19.0 Å². The second kappa shape index (κ2) is 10.1. The van der Waals surface area contributed by atoms with Crippen LogP contribution in [-0.2, 0) is 6.18 Å². The Morgan fingerprint density at radius 3 is 2.34 bits per heavy atom. The molecule has 0 amide bonds. The summed E-state index contributed by atoms with van der Waals surface area (Å²) in [5.41, 5.74) is -0.184. The van der Waals surface area contributed by atoms with E-state index in [2.05, 4.69) is 14.9 Å². The first-order valence-corrected chi connectivity index (χ1v) is 10.7. The number of nitrogens with zero attached hydrogens (tertiary/aromatic N) is 4. The highest BCUT2D eigenvalue weighted by Crippen LogP contribution is 2.36. The smallest absolute Gasteiger partial charge is 0.359 e. The van der Waals surface area contributed by atoms with Crippen molar-refractivity contribution in [1.29, 1.82) is 0 Å². The Labute approximate surface area is 195 Å². The van der Waals surface area contributed by atoms with Gasteiger partial charge in [0.15, 0.2) is 5.82 Å². The third-order valence-corrected chi connectivity index (χ3v) is 5.60. The van der Waals surface area contributed by atoms with Crippen LogP contribution in [0.1, 0.15) is 23.4 Å². The summed E-state index contributed by atoms with van der Waals surface area (Å²) in [5, 5.41) is 1.16. The van der Waals surface area contributed by atoms with Crippen LogP contribution < -0.4 is 4.90 Å². The molecule has 0 aliphatic rings. The van der Waals surface area contributed by atoms with E-state index in [1.165, 1.54) is 6.07 Å². The van der Waals surface area contributed by atoms with E-state index in [-0.39, 0.29) is 11.3 Å². The van der Waals surface area contributed by atoms with Gasteiger partial charge in [0.2, 0.25) is 0 Å². The molecule has 4 nitrogen and oxygen atoms in total. The standard InChI is InChI=1S/C23H23Cl2F3N4/c1-31(2)12-5-13-32(3)22-16-6-4-7-17(23(26,27)28)21(16)29-20(30-22)11-9-15-8-10-18(24)19(25)14-15/h4,6-11,14H,5,12-13H2,1-3H3/b11-9+. The summed E-state index contributed by atoms with van der Waals surface area (Å²) in [6.07, 6.45) is -0.430. The van der Waals surface area contributed by atoms with E-state index < -0.39 is 11.7 Å². The fourth-order valence-electron chi connectivity index (χ4n) is 3.26. The highest BCUT2D eigenvalue weighted by Gasteiger charge is 2.34. The zero-order valence-corrected chi connectivity index (χ0v) is 19.4. The summed E-state index contributed by atoms with van der Waals surface area (Å²) in [4.78, 5) is 12.7. The van der Waals surface area contributed by atoms with Gasteiger partial charge in [-0.3, -0.25) is 0 Å². The van der Waals surface area contributed by atoms with Gasteiger partial charge in [0, 0.05) is 19.0 Å². The van der Waals surface area contributed by atoms with Crippen molar-refractivity contribution in [3.8, 4) is 0 Å². The lowest BCUT2D eigenvalue weighted by molar-refractivity contribution is -0.136. The van der Waals surface area contributed by atoms with Crippen LogP contribution in [0.15, 0.2) is 36.4 Å². The van der Waals surface area contributed by atoms with Gasteiger partial charge < -0.3 is 9.80 Å². The second-order valence-electron chi connectivity index (χ2n) is 7.69. The molecule has 3 aromatic rings. The molecule has 3 rings (SSSR count). The molecule has 170 valence electrons. The highest BCUT2D eigenvalue weighted by atomic mass is 35.5. The largest absolute Gasteiger partial charge is 0.418 e. The molecule has 0 radical (unpaired) electrons. The van der Waals surface area contributed by atoms with Gasteiger partial charge in [-0.1, -0.05) is 41.4 Å². The van der Waals surface area contributed by atoms with Gasteiger partial charge in [0.25, 0.3) is 0 Å². The van der Waals surface area contributed by atoms with Crippen LogP contribution in [0.3, 0.4) is 0 Å². The number of alkyl halides is 3. The zero-order valence-electron chi connectivity index (χ0n) is 17.9. The lowest BCUT2D eigenvalue weighted by atomic mass is 10.1. The lowest BCUT2D eigenvalue weighted by Gasteiger charge is -2.22. The maximum Gasteiger partial charge on any atom is 0.418 e. The molecule has 9 heteroatoms. The van der Waals surface area contributed by atoms with E-state index in [4.69, 9.17) is 23.2 Å². The van der Waals surface area contributed by atoms with E-state index >= 15 is 0 Å². The minimum absolute atomic E-state index is 0.127. The van der Waals surface area contributed by atoms with Gasteiger partial charge in [-0.15, -0.1) is 0 Å². The fraction of sp³-hybridized carbons (Fsp3) is 0.304. The third kappa shape index (κ3) is 5.91. The number of para-hydroxylation sites is 1. The van der Waals surface area contributed by atoms with E-state index in [1.807, 2.05) is 26.0 Å². The number of benzene rings is 2. The average Bonchev–Trinajstić information content (AvgIpc) is 2.72. The molecule has 0 saturated heterocycles. The summed E-state index contributed by atoms with van der Waals surface area (Å²) >= 11 is 12.0. The molecule has 0 unspecified atom stereocenters. The molecule has 0 spiro atoms. The van der Waals surface area contributed by atoms with E-state index in [0.717, 1.165) is 24.6 Å². The van der Waals surface area contributed by atoms with Gasteiger partial charge in [-0.2, -0.15) is 13.2 Å². The molecule has 0 aliphatic heterocycles. The molecule has 0 bridgehead atoms. The Hall–Kier alpha value is -2.35. The van der Waals surface area contributed by atoms with Crippen molar-refractivity contribution < 1.29 is 13.2 Å². The molecule has 32 heavy (non-hydrogen) atoms. The van der Waals surface area contributed by atoms with Crippen molar-refractivity contribution in [2.24, 2.45) is 0 Å². The monoisotopic (exact) mass is 482 g/mol. The topological polar surface area (TPSA) is 32.3 Å². The van der Waals surface area contributed by atoms with Crippen molar-refractivity contribution >= 4 is 52.1 Å². The predicted octanol–water partition coefficient (Wildman–Crippen LogP) is 6.51. The molecule has 0 aliphatic carbocycles. The quantitative estimate of drug-likeness (QED) is 0.383. The molecule has 1 aromatic heterocycles. The normalized spacial score (nSPS) is 12.3. The van der Waals surface area contributed by atoms with Crippen LogP contribution in [0, 0.1) is 0 Å². The summed E-state index contributed by atoms with van der Waals surface area (Å²) in [7, 11) is 5.77. The maximum atomic E-state index is 13.7. The van der Waals surface area contributed by atoms with Crippen molar-refractivity contribution in [3.63, 3.8) is 0 Å². The Balaban J connectivity index is 2.07. The fourth-order valence-corrected chi connectivity index (χ4v) is 3.57. The Morgan fingerprint density at radius 1 is 0.938 bits per heavy atom. The molecular formula is C23H23Cl2F3N4. The second-order valence-corrected chi connectivity index (χ2v) is 8.50. The number of halogens is 5. The molecule has 0 saturated carbocycles. The number of rotatable bonds is 7. The van der Waals surface area contributed by atoms with Gasteiger partial charge >= 0.3 is 6.18 Å². The van der Waals surface area contributed by atoms with Crippen molar-refractivity contribution in [3.05, 3.63) is 63.4 Å². The molecule has 1 heterocycles. The summed E-state index contributed by atoms with van der Waals surface area (Å²) in [6.45, 7) is 1.49. The van der Waals surface area contributed by atoms with E-state index in [1.54, 1.807) is 36.4 Å². The molecule has 0 fully saturated rings. The third-order valence-electron chi connectivity index (χ3n) is 4.86. The highest BCUT2D eigenvalue weighted by molar-refractivity contribution is 6.42. The molecule has 2 aromatic carbocycles. The number of hydrogen-bond acceptors (Lipinski definition) is 4. The number of fused-ring (bicyclic) bond motifs is 1. The number of anilines is 1. The predicted molar refractivity (Wildman–Crippen MR) is 126 cm³/mol. The van der Waals surface area contributed by atoms with Crippen LogP contribution in [0.2, 0.25) is 10.0 Å². The maximum absolute atomic E-state index is 13.7. The van der Waals surface area contributed by atoms with Gasteiger partial charge in [0.1, 0.15) is 5.82 Å². The van der Waals surface area contributed by atoms with Crippen LogP contribution in [0.5, 0.6) is 0 Å². The molecule has 0 atom stereocenters. The van der Waals surface area contributed by atoms with Crippen LogP contribution in [-0.4, -0.2) is 49.1 Å². The Morgan fingerprint density at radius 2 is 1.69 bits per heavy atom. The zero-order chi connectivity index (χ0) is 23.5. The first-order valence-electron chi connectivity index (χ1n) is 9.93. The minimum Gasteiger partial charge on any atom is -0.359 e. The summed E-state index contributed by atoms with van der Waals surface area (Å²) in [6, 6.07) is 9.11. The van der Waals surface area contributed by atoms with Crippen molar-refractivity contribution in [2.75, 3.05) is 39.1 Å². The van der Waals surface area contributed by atoms with Crippen molar-refractivity contribution in [1.82, 2.24) is 14.9 Å². The van der Waals surface area contributed by atoms with E-state index in [0.29, 0.717) is 27.8 Å². The van der Waals surface area contributed by atoms with Gasteiger partial charge in [-0.05, 0) is 63.0 Å². The molecular weight excluding hydrogens is 460 g/mol. The van der Waals surface area contributed by atoms with Crippen LogP contribution >= 0.6 is 23.2 Å². The van der Waals surface area contributed by atoms with Gasteiger partial charge in [-0.25, -0.2) is 9.97 Å².